The van der Waals surface area contributed by atoms with Crippen molar-refractivity contribution in [3.63, 3.8) is 0 Å². The molecule has 0 bridgehead atoms. The number of carbonyl (C=O) groups is 2. The van der Waals surface area contributed by atoms with Gasteiger partial charge in [0.1, 0.15) is 22.7 Å². The number of carbonyl (C=O) groups excluding carboxylic acids is 2. The zero-order valence-electron chi connectivity index (χ0n) is 19.8. The van der Waals surface area contributed by atoms with Crippen LogP contribution in [0.25, 0.3) is 10.6 Å². The molecule has 2 amide bonds. The number of anilines is 1. The summed E-state index contributed by atoms with van der Waals surface area (Å²) < 4.78 is 7.05. The summed E-state index contributed by atoms with van der Waals surface area (Å²) in [5.74, 6) is 0.0678. The van der Waals surface area contributed by atoms with Crippen LogP contribution in [0, 0.1) is 6.92 Å². The number of rotatable bonds is 6. The van der Waals surface area contributed by atoms with E-state index in [9.17, 15) is 9.59 Å². The molecule has 3 heterocycles. The van der Waals surface area contributed by atoms with E-state index in [-0.39, 0.29) is 18.4 Å². The highest BCUT2D eigenvalue weighted by atomic mass is 32.1. The van der Waals surface area contributed by atoms with E-state index in [1.54, 1.807) is 47.1 Å². The van der Waals surface area contributed by atoms with E-state index < -0.39 is 5.54 Å². The summed E-state index contributed by atoms with van der Waals surface area (Å²) in [4.78, 5) is 30.2. The average Bonchev–Trinajstić information content (AvgIpc) is 3.53. The first-order valence-electron chi connectivity index (χ1n) is 11.3. The number of hydrogen-bond donors (Lipinski definition) is 1. The second kappa shape index (κ2) is 9.03. The zero-order chi connectivity index (χ0) is 24.6. The molecule has 5 rings (SSSR count). The Morgan fingerprint density at radius 1 is 1.14 bits per heavy atom. The number of fused-ring (bicyclic) bond motifs is 1. The first kappa shape index (κ1) is 22.9. The van der Waals surface area contributed by atoms with Crippen LogP contribution in [0.2, 0.25) is 0 Å². The Balaban J connectivity index is 1.54. The lowest BCUT2D eigenvalue weighted by Gasteiger charge is -2.43. The fraction of sp³-hybridized carbons (Fsp3) is 0.222. The maximum Gasteiger partial charge on any atom is 0.277 e. The number of hydrogen-bond acceptors (Lipinski definition) is 5. The topological polar surface area (TPSA) is 76.5 Å². The third-order valence-electron chi connectivity index (χ3n) is 6.26. The first-order valence-corrected chi connectivity index (χ1v) is 12.2. The van der Waals surface area contributed by atoms with Crippen molar-refractivity contribution in [3.05, 3.63) is 88.9 Å². The molecule has 1 N–H and O–H groups in total. The number of nitrogens with one attached hydrogen (secondary N) is 1. The molecule has 0 fully saturated rings. The van der Waals surface area contributed by atoms with Crippen LogP contribution < -0.4 is 15.0 Å². The molecule has 0 saturated carbocycles. The number of methoxy groups -OCH3 is 1. The van der Waals surface area contributed by atoms with E-state index in [1.165, 1.54) is 0 Å². The Hall–Kier alpha value is -3.91. The van der Waals surface area contributed by atoms with Crippen LogP contribution in [0.1, 0.15) is 28.5 Å². The van der Waals surface area contributed by atoms with Gasteiger partial charge in [0.15, 0.2) is 0 Å². The third kappa shape index (κ3) is 4.21. The van der Waals surface area contributed by atoms with Crippen LogP contribution in [0.3, 0.4) is 0 Å². The third-order valence-corrected chi connectivity index (χ3v) is 7.16. The van der Waals surface area contributed by atoms with Crippen LogP contribution in [-0.2, 0) is 17.9 Å². The van der Waals surface area contributed by atoms with E-state index in [1.807, 2.05) is 66.9 Å². The highest BCUT2D eigenvalue weighted by Crippen LogP contribution is 2.36. The number of benzene rings is 2. The molecule has 2 aromatic heterocycles. The fourth-order valence-corrected chi connectivity index (χ4v) is 5.16. The molecular formula is C27H26N4O3S. The summed E-state index contributed by atoms with van der Waals surface area (Å²) in [5, 5.41) is 9.71. The molecule has 1 atom stereocenters. The van der Waals surface area contributed by atoms with Crippen molar-refractivity contribution in [2.45, 2.75) is 32.5 Å². The summed E-state index contributed by atoms with van der Waals surface area (Å²) in [6.07, 6.45) is 0. The normalized spacial score (nSPS) is 17.2. The molecule has 1 aliphatic rings. The SMILES string of the molecule is COc1cccc(N2C(=O)c3cc(-c4cccs4)nn3C[C@]2(C)C(=O)NCc2cccc(C)c2)c1. The van der Waals surface area contributed by atoms with Crippen molar-refractivity contribution in [2.24, 2.45) is 0 Å². The summed E-state index contributed by atoms with van der Waals surface area (Å²) in [6, 6.07) is 20.9. The lowest BCUT2D eigenvalue weighted by atomic mass is 9.93. The van der Waals surface area contributed by atoms with Crippen LogP contribution in [0.4, 0.5) is 5.69 Å². The van der Waals surface area contributed by atoms with Gasteiger partial charge in [-0.05, 0) is 49.1 Å². The Morgan fingerprint density at radius 2 is 1.97 bits per heavy atom. The summed E-state index contributed by atoms with van der Waals surface area (Å²) in [5.41, 5.74) is 2.66. The van der Waals surface area contributed by atoms with Crippen LogP contribution >= 0.6 is 11.3 Å². The van der Waals surface area contributed by atoms with Gasteiger partial charge in [0, 0.05) is 18.3 Å². The average molecular weight is 487 g/mol. The van der Waals surface area contributed by atoms with Gasteiger partial charge in [-0.15, -0.1) is 11.3 Å². The molecule has 8 heteroatoms. The number of nitrogens with zero attached hydrogens (tertiary/aromatic N) is 3. The molecule has 178 valence electrons. The molecule has 4 aromatic rings. The Morgan fingerprint density at radius 3 is 2.71 bits per heavy atom. The molecule has 1 aliphatic heterocycles. The van der Waals surface area contributed by atoms with Gasteiger partial charge in [0.25, 0.3) is 5.91 Å². The van der Waals surface area contributed by atoms with Crippen molar-refractivity contribution in [3.8, 4) is 16.3 Å². The molecule has 0 radical (unpaired) electrons. The quantitative estimate of drug-likeness (QED) is 0.430. The van der Waals surface area contributed by atoms with Crippen molar-refractivity contribution >= 4 is 28.8 Å². The molecule has 0 unspecified atom stereocenters. The Kier molecular flexibility index (Phi) is 5.90. The van der Waals surface area contributed by atoms with Crippen molar-refractivity contribution in [1.82, 2.24) is 15.1 Å². The molecule has 0 aliphatic carbocycles. The van der Waals surface area contributed by atoms with Crippen molar-refractivity contribution < 1.29 is 14.3 Å². The predicted molar refractivity (Wildman–Crippen MR) is 137 cm³/mol. The maximum absolute atomic E-state index is 13.9. The van der Waals surface area contributed by atoms with Gasteiger partial charge in [0.05, 0.1) is 18.5 Å². The lowest BCUT2D eigenvalue weighted by molar-refractivity contribution is -0.126. The molecular weight excluding hydrogens is 460 g/mol. The van der Waals surface area contributed by atoms with Crippen LogP contribution in [-0.4, -0.2) is 34.2 Å². The van der Waals surface area contributed by atoms with Gasteiger partial charge >= 0.3 is 0 Å². The lowest BCUT2D eigenvalue weighted by Crippen LogP contribution is -2.64. The number of aryl methyl sites for hydroxylation is 1. The number of thiophene rings is 1. The largest absolute Gasteiger partial charge is 0.497 e. The van der Waals surface area contributed by atoms with E-state index >= 15 is 0 Å². The second-order valence-electron chi connectivity index (χ2n) is 8.84. The van der Waals surface area contributed by atoms with Gasteiger partial charge in [0.2, 0.25) is 5.91 Å². The first-order chi connectivity index (χ1) is 16.9. The summed E-state index contributed by atoms with van der Waals surface area (Å²) >= 11 is 1.56. The highest BCUT2D eigenvalue weighted by Gasteiger charge is 2.49. The molecule has 0 spiro atoms. The van der Waals surface area contributed by atoms with Crippen LogP contribution in [0.5, 0.6) is 5.75 Å². The van der Waals surface area contributed by atoms with Gasteiger partial charge < -0.3 is 10.1 Å². The second-order valence-corrected chi connectivity index (χ2v) is 9.79. The maximum atomic E-state index is 13.9. The molecule has 7 nitrogen and oxygen atoms in total. The monoisotopic (exact) mass is 486 g/mol. The minimum absolute atomic E-state index is 0.219. The fourth-order valence-electron chi connectivity index (χ4n) is 4.48. The van der Waals surface area contributed by atoms with E-state index in [2.05, 4.69) is 10.4 Å². The minimum atomic E-state index is -1.21. The van der Waals surface area contributed by atoms with Gasteiger partial charge in [-0.2, -0.15) is 5.10 Å². The van der Waals surface area contributed by atoms with Gasteiger partial charge in [-0.1, -0.05) is 42.0 Å². The van der Waals surface area contributed by atoms with E-state index in [4.69, 9.17) is 4.74 Å². The Bertz CT molecular complexity index is 1400. The van der Waals surface area contributed by atoms with E-state index in [0.29, 0.717) is 23.7 Å². The minimum Gasteiger partial charge on any atom is -0.497 e. The smallest absolute Gasteiger partial charge is 0.277 e. The summed E-state index contributed by atoms with van der Waals surface area (Å²) in [7, 11) is 1.58. The van der Waals surface area contributed by atoms with Crippen LogP contribution in [0.15, 0.2) is 72.1 Å². The molecule has 2 aromatic carbocycles. The molecule has 35 heavy (non-hydrogen) atoms. The standard InChI is InChI=1S/C27H26N4O3S/c1-18-7-4-8-19(13-18)16-28-26(33)27(2)17-30-23(15-22(29-30)24-11-6-12-35-24)25(32)31(27)20-9-5-10-21(14-20)34-3/h4-15H,16-17H2,1-3H3,(H,28,33)/t27-/m1/s1. The van der Waals surface area contributed by atoms with Crippen molar-refractivity contribution in [1.29, 1.82) is 0 Å². The number of amides is 2. The predicted octanol–water partition coefficient (Wildman–Crippen LogP) is 4.66. The number of aromatic nitrogens is 2. The number of ether oxygens (including phenoxy) is 1. The highest BCUT2D eigenvalue weighted by molar-refractivity contribution is 7.13. The van der Waals surface area contributed by atoms with Gasteiger partial charge in [-0.3, -0.25) is 19.2 Å². The zero-order valence-corrected chi connectivity index (χ0v) is 20.6. The van der Waals surface area contributed by atoms with Gasteiger partial charge in [-0.25, -0.2) is 0 Å². The summed E-state index contributed by atoms with van der Waals surface area (Å²) in [6.45, 7) is 4.38. The van der Waals surface area contributed by atoms with Crippen molar-refractivity contribution in [2.75, 3.05) is 12.0 Å². The Labute approximate surface area is 208 Å². The van der Waals surface area contributed by atoms with E-state index in [0.717, 1.165) is 21.7 Å². The molecule has 0 saturated heterocycles.